The van der Waals surface area contributed by atoms with Crippen LogP contribution >= 0.6 is 0 Å². The van der Waals surface area contributed by atoms with Gasteiger partial charge in [0, 0.05) is 18.1 Å². The minimum Gasteiger partial charge on any atom is -0.384 e. The van der Waals surface area contributed by atoms with Gasteiger partial charge in [0.05, 0.1) is 11.7 Å². The van der Waals surface area contributed by atoms with Gasteiger partial charge in [-0.3, -0.25) is 0 Å². The SMILES string of the molecule is CC.CC.Cc1cc2cc(N)ncc2n1C. The molecule has 0 radical (unpaired) electrons. The van der Waals surface area contributed by atoms with Crippen molar-refractivity contribution >= 4 is 16.7 Å². The van der Waals surface area contributed by atoms with E-state index in [4.69, 9.17) is 5.73 Å². The Kier molecular flexibility index (Phi) is 6.23. The number of aromatic nitrogens is 2. The summed E-state index contributed by atoms with van der Waals surface area (Å²) < 4.78 is 2.10. The molecule has 0 unspecified atom stereocenters. The maximum Gasteiger partial charge on any atom is 0.124 e. The molecule has 0 aliphatic carbocycles. The third kappa shape index (κ3) is 2.99. The number of hydrogen-bond donors (Lipinski definition) is 1. The first kappa shape index (κ1) is 14.5. The molecule has 0 aromatic carbocycles. The maximum atomic E-state index is 5.56. The van der Waals surface area contributed by atoms with E-state index in [2.05, 4.69) is 22.5 Å². The Hall–Kier alpha value is -1.51. The Morgan fingerprint density at radius 3 is 2.25 bits per heavy atom. The van der Waals surface area contributed by atoms with Crippen LogP contribution < -0.4 is 5.73 Å². The van der Waals surface area contributed by atoms with Gasteiger partial charge in [-0.25, -0.2) is 4.98 Å². The van der Waals surface area contributed by atoms with E-state index < -0.39 is 0 Å². The first-order valence-electron chi connectivity index (χ1n) is 5.86. The number of aryl methyl sites for hydroxylation is 2. The fourth-order valence-electron chi connectivity index (χ4n) is 1.39. The van der Waals surface area contributed by atoms with Crippen LogP contribution in [0, 0.1) is 6.92 Å². The maximum absolute atomic E-state index is 5.56. The second-order valence-electron chi connectivity index (χ2n) is 3.01. The lowest BCUT2D eigenvalue weighted by Crippen LogP contribution is -1.92. The van der Waals surface area contributed by atoms with Crippen LogP contribution in [0.15, 0.2) is 18.3 Å². The molecule has 0 amide bonds. The van der Waals surface area contributed by atoms with Crippen LogP contribution in [0.1, 0.15) is 33.4 Å². The van der Waals surface area contributed by atoms with Crippen molar-refractivity contribution in [2.24, 2.45) is 7.05 Å². The Bertz CT molecular complexity index is 430. The van der Waals surface area contributed by atoms with Gasteiger partial charge in [0.15, 0.2) is 0 Å². The van der Waals surface area contributed by atoms with Crippen molar-refractivity contribution in [1.29, 1.82) is 0 Å². The van der Waals surface area contributed by atoms with Gasteiger partial charge >= 0.3 is 0 Å². The van der Waals surface area contributed by atoms with Crippen molar-refractivity contribution in [1.82, 2.24) is 9.55 Å². The summed E-state index contributed by atoms with van der Waals surface area (Å²) in [5.41, 5.74) is 7.91. The highest BCUT2D eigenvalue weighted by atomic mass is 15.0. The van der Waals surface area contributed by atoms with Crippen LogP contribution in [0.2, 0.25) is 0 Å². The molecule has 16 heavy (non-hydrogen) atoms. The molecule has 2 aromatic heterocycles. The fraction of sp³-hybridized carbons (Fsp3) is 0.462. The second kappa shape index (κ2) is 6.88. The normalized spacial score (nSPS) is 8.88. The van der Waals surface area contributed by atoms with Crippen LogP contribution in [0.4, 0.5) is 5.82 Å². The monoisotopic (exact) mass is 221 g/mol. The average Bonchev–Trinajstić information content (AvgIpc) is 2.60. The number of hydrogen-bond acceptors (Lipinski definition) is 2. The molecule has 0 saturated heterocycles. The number of nitrogen functional groups attached to an aromatic ring is 1. The van der Waals surface area contributed by atoms with E-state index in [1.807, 2.05) is 40.8 Å². The molecule has 0 fully saturated rings. The zero-order chi connectivity index (χ0) is 12.7. The lowest BCUT2D eigenvalue weighted by atomic mass is 10.3. The van der Waals surface area contributed by atoms with E-state index in [1.54, 1.807) is 6.20 Å². The van der Waals surface area contributed by atoms with Crippen LogP contribution in [0.5, 0.6) is 0 Å². The lowest BCUT2D eigenvalue weighted by Gasteiger charge is -1.97. The lowest BCUT2D eigenvalue weighted by molar-refractivity contribution is 0.915. The third-order valence-electron chi connectivity index (χ3n) is 2.19. The molecular weight excluding hydrogens is 198 g/mol. The van der Waals surface area contributed by atoms with Gasteiger partial charge in [0.2, 0.25) is 0 Å². The third-order valence-corrected chi connectivity index (χ3v) is 2.19. The summed E-state index contributed by atoms with van der Waals surface area (Å²) >= 11 is 0. The molecule has 3 nitrogen and oxygen atoms in total. The molecule has 2 heterocycles. The largest absolute Gasteiger partial charge is 0.384 e. The number of rotatable bonds is 0. The molecule has 2 rings (SSSR count). The van der Waals surface area contributed by atoms with E-state index >= 15 is 0 Å². The Balaban J connectivity index is 0.000000509. The molecule has 3 heteroatoms. The van der Waals surface area contributed by atoms with Crippen molar-refractivity contribution in [3.8, 4) is 0 Å². The number of pyridine rings is 1. The van der Waals surface area contributed by atoms with Crippen molar-refractivity contribution in [2.45, 2.75) is 34.6 Å². The van der Waals surface area contributed by atoms with Gasteiger partial charge in [-0.15, -0.1) is 0 Å². The standard InChI is InChI=1S/C9H11N3.2C2H6/c1-6-3-7-4-9(10)11-5-8(7)12(6)2;2*1-2/h3-5H,1-2H3,(H2,10,11);2*1-2H3. The summed E-state index contributed by atoms with van der Waals surface area (Å²) in [6.45, 7) is 10.1. The van der Waals surface area contributed by atoms with Crippen molar-refractivity contribution < 1.29 is 0 Å². The van der Waals surface area contributed by atoms with Crippen LogP contribution in [0.3, 0.4) is 0 Å². The minimum absolute atomic E-state index is 0.577. The molecule has 2 aromatic rings. The Labute approximate surface area is 98.3 Å². The minimum atomic E-state index is 0.577. The first-order valence-corrected chi connectivity index (χ1v) is 5.86. The highest BCUT2D eigenvalue weighted by molar-refractivity contribution is 5.82. The second-order valence-corrected chi connectivity index (χ2v) is 3.01. The molecule has 0 saturated carbocycles. The molecule has 0 bridgehead atoms. The van der Waals surface area contributed by atoms with Gasteiger partial charge in [0.25, 0.3) is 0 Å². The van der Waals surface area contributed by atoms with E-state index in [0.717, 1.165) is 10.9 Å². The van der Waals surface area contributed by atoms with E-state index in [1.165, 1.54) is 5.69 Å². The average molecular weight is 221 g/mol. The number of nitrogens with two attached hydrogens (primary N) is 1. The van der Waals surface area contributed by atoms with Crippen LogP contribution in [0.25, 0.3) is 10.9 Å². The Morgan fingerprint density at radius 1 is 1.12 bits per heavy atom. The highest BCUT2D eigenvalue weighted by Crippen LogP contribution is 2.18. The molecule has 2 N–H and O–H groups in total. The molecular formula is C13H23N3. The van der Waals surface area contributed by atoms with Gasteiger partial charge in [-0.1, -0.05) is 27.7 Å². The fourth-order valence-corrected chi connectivity index (χ4v) is 1.39. The first-order chi connectivity index (χ1) is 7.68. The number of anilines is 1. The molecule has 0 atom stereocenters. The van der Waals surface area contributed by atoms with Gasteiger partial charge in [-0.2, -0.15) is 0 Å². The summed E-state index contributed by atoms with van der Waals surface area (Å²) in [5, 5.41) is 1.16. The predicted octanol–water partition coefficient (Wildman–Crippen LogP) is 3.52. The smallest absolute Gasteiger partial charge is 0.124 e. The summed E-state index contributed by atoms with van der Waals surface area (Å²) in [6, 6.07) is 4.00. The van der Waals surface area contributed by atoms with Gasteiger partial charge in [-0.05, 0) is 19.1 Å². The summed E-state index contributed by atoms with van der Waals surface area (Å²) in [7, 11) is 2.02. The zero-order valence-corrected chi connectivity index (χ0v) is 11.2. The molecule has 0 spiro atoms. The van der Waals surface area contributed by atoms with Crippen molar-refractivity contribution in [3.63, 3.8) is 0 Å². The van der Waals surface area contributed by atoms with Gasteiger partial charge in [0.1, 0.15) is 5.82 Å². The summed E-state index contributed by atoms with van der Waals surface area (Å²) in [5.74, 6) is 0.577. The topological polar surface area (TPSA) is 43.8 Å². The molecule has 0 aliphatic heterocycles. The Morgan fingerprint density at radius 2 is 1.69 bits per heavy atom. The number of fused-ring (bicyclic) bond motifs is 1. The van der Waals surface area contributed by atoms with E-state index in [-0.39, 0.29) is 0 Å². The van der Waals surface area contributed by atoms with Crippen molar-refractivity contribution in [2.75, 3.05) is 5.73 Å². The summed E-state index contributed by atoms with van der Waals surface area (Å²) in [6.07, 6.45) is 1.80. The van der Waals surface area contributed by atoms with Crippen LogP contribution in [-0.4, -0.2) is 9.55 Å². The zero-order valence-electron chi connectivity index (χ0n) is 11.2. The van der Waals surface area contributed by atoms with Gasteiger partial charge < -0.3 is 10.3 Å². The molecule has 90 valence electrons. The van der Waals surface area contributed by atoms with E-state index in [9.17, 15) is 0 Å². The quantitative estimate of drug-likeness (QED) is 0.739. The molecule has 0 aliphatic rings. The number of nitrogens with zero attached hydrogens (tertiary/aromatic N) is 2. The highest BCUT2D eigenvalue weighted by Gasteiger charge is 2.01. The van der Waals surface area contributed by atoms with E-state index in [0.29, 0.717) is 5.82 Å². The summed E-state index contributed by atoms with van der Waals surface area (Å²) in [4.78, 5) is 4.04. The van der Waals surface area contributed by atoms with Crippen molar-refractivity contribution in [3.05, 3.63) is 24.0 Å². The van der Waals surface area contributed by atoms with Crippen LogP contribution in [-0.2, 0) is 7.05 Å². The predicted molar refractivity (Wildman–Crippen MR) is 72.6 cm³/mol.